The molecule has 2 rings (SSSR count). The van der Waals surface area contributed by atoms with Crippen molar-refractivity contribution in [1.29, 1.82) is 0 Å². The topological polar surface area (TPSA) is 66.9 Å². The Kier molecular flexibility index (Phi) is 4.53. The predicted molar refractivity (Wildman–Crippen MR) is 80.3 cm³/mol. The zero-order chi connectivity index (χ0) is 14.5. The molecule has 104 valence electrons. The van der Waals surface area contributed by atoms with Gasteiger partial charge in [-0.2, -0.15) is 0 Å². The highest BCUT2D eigenvalue weighted by atomic mass is 35.5. The van der Waals surface area contributed by atoms with E-state index in [0.29, 0.717) is 16.5 Å². The molecule has 2 aromatic rings. The number of halogens is 1. The van der Waals surface area contributed by atoms with Crippen LogP contribution in [0.2, 0.25) is 5.02 Å². The zero-order valence-corrected chi connectivity index (χ0v) is 12.0. The molecule has 0 saturated carbocycles. The fourth-order valence-electron chi connectivity index (χ4n) is 1.64. The van der Waals surface area contributed by atoms with Gasteiger partial charge in [-0.25, -0.2) is 0 Å². The van der Waals surface area contributed by atoms with Gasteiger partial charge in [-0.05, 0) is 43.7 Å². The molecular weight excluding hydrogens is 276 g/mol. The van der Waals surface area contributed by atoms with E-state index in [4.69, 9.17) is 11.6 Å². The van der Waals surface area contributed by atoms with E-state index in [0.717, 1.165) is 12.1 Å². The molecule has 1 aromatic heterocycles. The van der Waals surface area contributed by atoms with E-state index in [1.54, 1.807) is 24.3 Å². The number of anilines is 2. The molecule has 1 aromatic carbocycles. The van der Waals surface area contributed by atoms with E-state index in [2.05, 4.69) is 20.8 Å². The first-order valence-electron chi connectivity index (χ1n) is 6.25. The van der Waals surface area contributed by atoms with Crippen LogP contribution in [0.15, 0.2) is 30.3 Å². The summed E-state index contributed by atoms with van der Waals surface area (Å²) in [6.07, 6.45) is 0. The first-order valence-corrected chi connectivity index (χ1v) is 6.63. The number of aryl methyl sites for hydroxylation is 1. The highest BCUT2D eigenvalue weighted by Crippen LogP contribution is 2.20. The van der Waals surface area contributed by atoms with Gasteiger partial charge in [-0.1, -0.05) is 17.7 Å². The second-order valence-electron chi connectivity index (χ2n) is 4.25. The molecule has 0 aliphatic heterocycles. The van der Waals surface area contributed by atoms with Crippen LogP contribution >= 0.6 is 11.6 Å². The minimum absolute atomic E-state index is 0.256. The van der Waals surface area contributed by atoms with Gasteiger partial charge in [0.25, 0.3) is 5.91 Å². The van der Waals surface area contributed by atoms with Crippen LogP contribution in [0.4, 0.5) is 11.5 Å². The number of carbonyl (C=O) groups is 1. The monoisotopic (exact) mass is 290 g/mol. The Bertz CT molecular complexity index is 613. The van der Waals surface area contributed by atoms with E-state index in [9.17, 15) is 4.79 Å². The number of nitrogens with one attached hydrogen (secondary N) is 2. The normalized spacial score (nSPS) is 10.2. The Labute approximate surface area is 122 Å². The molecule has 6 heteroatoms. The van der Waals surface area contributed by atoms with Crippen molar-refractivity contribution in [2.75, 3.05) is 17.2 Å². The fourth-order valence-corrected chi connectivity index (χ4v) is 1.82. The van der Waals surface area contributed by atoms with E-state index >= 15 is 0 Å². The molecule has 20 heavy (non-hydrogen) atoms. The molecular formula is C14H15ClN4O. The van der Waals surface area contributed by atoms with Crippen LogP contribution in [0.1, 0.15) is 23.0 Å². The van der Waals surface area contributed by atoms with Gasteiger partial charge in [0, 0.05) is 17.3 Å². The molecule has 5 nitrogen and oxygen atoms in total. The van der Waals surface area contributed by atoms with Crippen molar-refractivity contribution in [3.8, 4) is 0 Å². The van der Waals surface area contributed by atoms with Crippen molar-refractivity contribution in [1.82, 2.24) is 10.2 Å². The number of carbonyl (C=O) groups excluding carboxylic acids is 1. The standard InChI is InChI=1S/C14H15ClN4O/c1-3-16-13-7-6-11(18-19-13)14(20)17-12-8-10(15)5-4-9(12)2/h4-8H,3H2,1-2H3,(H,16,19)(H,17,20). The van der Waals surface area contributed by atoms with Gasteiger partial charge in [0.15, 0.2) is 5.69 Å². The van der Waals surface area contributed by atoms with Gasteiger partial charge in [-0.15, -0.1) is 10.2 Å². The number of aromatic nitrogens is 2. The second-order valence-corrected chi connectivity index (χ2v) is 4.68. The first kappa shape index (κ1) is 14.3. The lowest BCUT2D eigenvalue weighted by Gasteiger charge is -2.08. The SMILES string of the molecule is CCNc1ccc(C(=O)Nc2cc(Cl)ccc2C)nn1. The van der Waals surface area contributed by atoms with Crippen molar-refractivity contribution in [2.45, 2.75) is 13.8 Å². The summed E-state index contributed by atoms with van der Waals surface area (Å²) in [5.41, 5.74) is 1.85. The van der Waals surface area contributed by atoms with Crippen molar-refractivity contribution in [3.63, 3.8) is 0 Å². The number of hydrogen-bond acceptors (Lipinski definition) is 4. The molecule has 0 radical (unpaired) electrons. The quantitative estimate of drug-likeness (QED) is 0.908. The highest BCUT2D eigenvalue weighted by Gasteiger charge is 2.10. The number of benzene rings is 1. The highest BCUT2D eigenvalue weighted by molar-refractivity contribution is 6.31. The maximum absolute atomic E-state index is 12.1. The zero-order valence-electron chi connectivity index (χ0n) is 11.3. The molecule has 0 atom stereocenters. The Hall–Kier alpha value is -2.14. The van der Waals surface area contributed by atoms with E-state index in [1.165, 1.54) is 0 Å². The Balaban J connectivity index is 2.13. The minimum atomic E-state index is -0.314. The van der Waals surface area contributed by atoms with Crippen LogP contribution in [-0.4, -0.2) is 22.6 Å². The van der Waals surface area contributed by atoms with Crippen LogP contribution in [-0.2, 0) is 0 Å². The summed E-state index contributed by atoms with van der Waals surface area (Å²) in [7, 11) is 0. The molecule has 2 N–H and O–H groups in total. The molecule has 1 amide bonds. The average molecular weight is 291 g/mol. The maximum Gasteiger partial charge on any atom is 0.276 e. The molecule has 0 unspecified atom stereocenters. The second kappa shape index (κ2) is 6.34. The third-order valence-corrected chi connectivity index (χ3v) is 2.94. The van der Waals surface area contributed by atoms with Crippen molar-refractivity contribution >= 4 is 29.0 Å². The van der Waals surface area contributed by atoms with Crippen molar-refractivity contribution < 1.29 is 4.79 Å². The molecule has 0 aliphatic carbocycles. The van der Waals surface area contributed by atoms with Gasteiger partial charge in [0.1, 0.15) is 5.82 Å². The van der Waals surface area contributed by atoms with Gasteiger partial charge >= 0.3 is 0 Å². The molecule has 0 spiro atoms. The van der Waals surface area contributed by atoms with E-state index in [1.807, 2.05) is 19.9 Å². The lowest BCUT2D eigenvalue weighted by Crippen LogP contribution is -2.15. The summed E-state index contributed by atoms with van der Waals surface area (Å²) in [4.78, 5) is 12.1. The summed E-state index contributed by atoms with van der Waals surface area (Å²) in [6, 6.07) is 8.67. The number of rotatable bonds is 4. The van der Waals surface area contributed by atoms with Gasteiger partial charge in [-0.3, -0.25) is 4.79 Å². The Morgan fingerprint density at radius 1 is 1.25 bits per heavy atom. The molecule has 0 fully saturated rings. The maximum atomic E-state index is 12.1. The van der Waals surface area contributed by atoms with Crippen LogP contribution in [0, 0.1) is 6.92 Å². The van der Waals surface area contributed by atoms with Crippen LogP contribution < -0.4 is 10.6 Å². The van der Waals surface area contributed by atoms with Crippen LogP contribution in [0.3, 0.4) is 0 Å². The van der Waals surface area contributed by atoms with Crippen LogP contribution in [0.5, 0.6) is 0 Å². The first-order chi connectivity index (χ1) is 9.60. The predicted octanol–water partition coefficient (Wildman–Crippen LogP) is 3.12. The number of amides is 1. The van der Waals surface area contributed by atoms with Gasteiger partial charge in [0.2, 0.25) is 0 Å². The third-order valence-electron chi connectivity index (χ3n) is 2.70. The van der Waals surface area contributed by atoms with Crippen molar-refractivity contribution in [3.05, 3.63) is 46.6 Å². The Morgan fingerprint density at radius 2 is 2.05 bits per heavy atom. The van der Waals surface area contributed by atoms with Gasteiger partial charge < -0.3 is 10.6 Å². The largest absolute Gasteiger partial charge is 0.369 e. The summed E-state index contributed by atoms with van der Waals surface area (Å²) in [5, 5.41) is 14.2. The summed E-state index contributed by atoms with van der Waals surface area (Å²) < 4.78 is 0. The van der Waals surface area contributed by atoms with Gasteiger partial charge in [0.05, 0.1) is 0 Å². The summed E-state index contributed by atoms with van der Waals surface area (Å²) in [6.45, 7) is 4.61. The molecule has 0 bridgehead atoms. The minimum Gasteiger partial charge on any atom is -0.369 e. The van der Waals surface area contributed by atoms with Crippen molar-refractivity contribution in [2.24, 2.45) is 0 Å². The summed E-state index contributed by atoms with van der Waals surface area (Å²) >= 11 is 5.91. The molecule has 0 saturated heterocycles. The molecule has 1 heterocycles. The lowest BCUT2D eigenvalue weighted by molar-refractivity contribution is 0.102. The summed E-state index contributed by atoms with van der Waals surface area (Å²) in [5.74, 6) is 0.328. The van der Waals surface area contributed by atoms with Crippen LogP contribution in [0.25, 0.3) is 0 Å². The van der Waals surface area contributed by atoms with E-state index in [-0.39, 0.29) is 11.6 Å². The number of nitrogens with zero attached hydrogens (tertiary/aromatic N) is 2. The third kappa shape index (κ3) is 3.45. The average Bonchev–Trinajstić information content (AvgIpc) is 2.44. The lowest BCUT2D eigenvalue weighted by atomic mass is 10.2. The Morgan fingerprint density at radius 3 is 2.70 bits per heavy atom. The molecule has 0 aliphatic rings. The van der Waals surface area contributed by atoms with E-state index < -0.39 is 0 Å². The number of hydrogen-bond donors (Lipinski definition) is 2. The fraction of sp³-hybridized carbons (Fsp3) is 0.214. The smallest absolute Gasteiger partial charge is 0.276 e.